The molecule has 46 heavy (non-hydrogen) atoms. The molecule has 12 heteroatoms. The van der Waals surface area contributed by atoms with Crippen LogP contribution < -0.4 is 18.9 Å². The predicted octanol–water partition coefficient (Wildman–Crippen LogP) is 2.60. The Bertz CT molecular complexity index is 1530. The first-order valence-electron chi connectivity index (χ1n) is 14.9. The van der Waals surface area contributed by atoms with Gasteiger partial charge >= 0.3 is 5.97 Å². The number of methoxy groups -OCH3 is 4. The fourth-order valence-electron chi connectivity index (χ4n) is 7.12. The maximum atomic E-state index is 13.5. The first-order chi connectivity index (χ1) is 22.3. The molecule has 3 aromatic rings. The lowest BCUT2D eigenvalue weighted by molar-refractivity contribution is -0.313. The van der Waals surface area contributed by atoms with Crippen molar-refractivity contribution in [3.05, 3.63) is 83.4 Å². The molecule has 2 heterocycles. The molecule has 0 spiro atoms. The highest BCUT2D eigenvalue weighted by molar-refractivity contribution is 5.78. The van der Waals surface area contributed by atoms with Gasteiger partial charge in [-0.05, 0) is 29.7 Å². The van der Waals surface area contributed by atoms with Crippen LogP contribution in [0.5, 0.6) is 23.0 Å². The third kappa shape index (κ3) is 4.88. The lowest BCUT2D eigenvalue weighted by Crippen LogP contribution is -2.52. The Labute approximate surface area is 266 Å². The van der Waals surface area contributed by atoms with E-state index < -0.39 is 53.8 Å². The second kappa shape index (κ2) is 12.7. The standard InChI is InChI=1S/C34H38O12/c1-39-21-12-10-20(11-13-21)34-27(19-8-6-5-7-9-19)26(30(37)41-3)29(36)33(34,38)28-24(40-2)16-23(17-25(28)46-34)45-32-31(42-4)43-18-22(44-32)14-15-35/h5-13,16-17,22,26-27,29,31-32,35-36,38H,14-15,18H2,1-4H3/t22-,26+,27+,29+,31+,32+,33-,34-/m0/s1. The summed E-state index contributed by atoms with van der Waals surface area (Å²) in [6.45, 7) is 0.121. The zero-order chi connectivity index (χ0) is 32.6. The normalized spacial score (nSPS) is 31.4. The van der Waals surface area contributed by atoms with Gasteiger partial charge in [0, 0.05) is 31.8 Å². The molecule has 246 valence electrons. The molecule has 8 atom stereocenters. The van der Waals surface area contributed by atoms with Crippen LogP contribution in [0.4, 0.5) is 0 Å². The van der Waals surface area contributed by atoms with Crippen LogP contribution in [0.15, 0.2) is 66.7 Å². The first-order valence-corrected chi connectivity index (χ1v) is 14.9. The molecule has 0 bridgehead atoms. The summed E-state index contributed by atoms with van der Waals surface area (Å²) in [5, 5.41) is 34.5. The molecule has 1 saturated carbocycles. The lowest BCUT2D eigenvalue weighted by atomic mass is 9.70. The molecule has 3 N–H and O–H groups in total. The van der Waals surface area contributed by atoms with Crippen molar-refractivity contribution < 1.29 is 58.0 Å². The monoisotopic (exact) mass is 638 g/mol. The zero-order valence-electron chi connectivity index (χ0n) is 26.0. The first kappa shape index (κ1) is 32.0. The minimum atomic E-state index is -2.22. The summed E-state index contributed by atoms with van der Waals surface area (Å²) in [4.78, 5) is 13.5. The Morgan fingerprint density at radius 2 is 1.70 bits per heavy atom. The minimum absolute atomic E-state index is 0.0948. The van der Waals surface area contributed by atoms with Crippen LogP contribution in [-0.4, -0.2) is 87.7 Å². The molecule has 2 aliphatic heterocycles. The molecule has 0 amide bonds. The molecule has 12 nitrogen and oxygen atoms in total. The largest absolute Gasteiger partial charge is 0.497 e. The van der Waals surface area contributed by atoms with Crippen molar-refractivity contribution >= 4 is 5.97 Å². The van der Waals surface area contributed by atoms with E-state index in [1.165, 1.54) is 27.4 Å². The number of ether oxygens (including phenoxy) is 8. The summed E-state index contributed by atoms with van der Waals surface area (Å²) >= 11 is 0. The van der Waals surface area contributed by atoms with E-state index in [4.69, 9.17) is 37.9 Å². The van der Waals surface area contributed by atoms with Crippen LogP contribution in [0.25, 0.3) is 0 Å². The van der Waals surface area contributed by atoms with Crippen molar-refractivity contribution in [3.63, 3.8) is 0 Å². The van der Waals surface area contributed by atoms with Gasteiger partial charge < -0.3 is 53.2 Å². The second-order valence-electron chi connectivity index (χ2n) is 11.4. The van der Waals surface area contributed by atoms with Gasteiger partial charge in [-0.1, -0.05) is 42.5 Å². The Morgan fingerprint density at radius 3 is 2.33 bits per heavy atom. The Morgan fingerprint density at radius 1 is 0.957 bits per heavy atom. The molecular formula is C34H38O12. The van der Waals surface area contributed by atoms with Crippen LogP contribution in [0.3, 0.4) is 0 Å². The number of hydrogen-bond donors (Lipinski definition) is 3. The third-order valence-corrected chi connectivity index (χ3v) is 9.12. The molecule has 3 aliphatic rings. The van der Waals surface area contributed by atoms with E-state index in [9.17, 15) is 20.1 Å². The van der Waals surface area contributed by atoms with Gasteiger partial charge in [-0.3, -0.25) is 4.79 Å². The van der Waals surface area contributed by atoms with Crippen LogP contribution in [0.1, 0.15) is 29.0 Å². The molecule has 6 rings (SSSR count). The lowest BCUT2D eigenvalue weighted by Gasteiger charge is -2.40. The van der Waals surface area contributed by atoms with Gasteiger partial charge in [-0.2, -0.15) is 0 Å². The van der Waals surface area contributed by atoms with Crippen molar-refractivity contribution in [1.82, 2.24) is 0 Å². The molecule has 1 saturated heterocycles. The number of carbonyl (C=O) groups is 1. The smallest absolute Gasteiger partial charge is 0.312 e. The van der Waals surface area contributed by atoms with Crippen molar-refractivity contribution in [2.45, 2.75) is 48.3 Å². The van der Waals surface area contributed by atoms with Crippen LogP contribution >= 0.6 is 0 Å². The van der Waals surface area contributed by atoms with Gasteiger partial charge in [0.05, 0.1) is 45.5 Å². The van der Waals surface area contributed by atoms with E-state index in [1.54, 1.807) is 37.4 Å². The summed E-state index contributed by atoms with van der Waals surface area (Å²) in [6, 6.07) is 19.1. The highest BCUT2D eigenvalue weighted by Crippen LogP contribution is 2.70. The van der Waals surface area contributed by atoms with E-state index in [0.717, 1.165) is 0 Å². The maximum Gasteiger partial charge on any atom is 0.312 e. The Balaban J connectivity index is 1.53. The van der Waals surface area contributed by atoms with E-state index in [1.807, 2.05) is 30.3 Å². The van der Waals surface area contributed by atoms with Crippen LogP contribution in [0, 0.1) is 5.92 Å². The fourth-order valence-corrected chi connectivity index (χ4v) is 7.12. The SMILES string of the molecule is COC(=O)[C@H]1[C@@H](O)[C@@]2(O)c3c(OC)cc(O[C@H]4O[C@@H](CCO)CO[C@H]4OC)cc3O[C@@]2(c2ccc(OC)cc2)[C@@H]1c1ccccc1. The predicted molar refractivity (Wildman–Crippen MR) is 161 cm³/mol. The third-order valence-electron chi connectivity index (χ3n) is 9.12. The van der Waals surface area contributed by atoms with E-state index in [0.29, 0.717) is 23.3 Å². The molecule has 0 aromatic heterocycles. The van der Waals surface area contributed by atoms with Crippen LogP contribution in [0.2, 0.25) is 0 Å². The van der Waals surface area contributed by atoms with Gasteiger partial charge in [0.15, 0.2) is 11.2 Å². The molecule has 0 unspecified atom stereocenters. The number of hydrogen-bond acceptors (Lipinski definition) is 12. The number of aliphatic hydroxyl groups is 3. The topological polar surface area (TPSA) is 152 Å². The number of aliphatic hydroxyl groups excluding tert-OH is 2. The van der Waals surface area contributed by atoms with E-state index in [-0.39, 0.29) is 36.0 Å². The summed E-state index contributed by atoms with van der Waals surface area (Å²) < 4.78 is 46.6. The van der Waals surface area contributed by atoms with Crippen molar-refractivity contribution in [2.24, 2.45) is 5.92 Å². The maximum absolute atomic E-state index is 13.5. The molecule has 0 radical (unpaired) electrons. The summed E-state index contributed by atoms with van der Waals surface area (Å²) in [7, 11) is 5.66. The van der Waals surface area contributed by atoms with Gasteiger partial charge in [-0.15, -0.1) is 0 Å². The Kier molecular flexibility index (Phi) is 8.85. The average molecular weight is 639 g/mol. The van der Waals surface area contributed by atoms with Crippen molar-refractivity contribution in [1.29, 1.82) is 0 Å². The van der Waals surface area contributed by atoms with Gasteiger partial charge in [0.2, 0.25) is 6.29 Å². The Hall–Kier alpha value is -3.91. The van der Waals surface area contributed by atoms with Gasteiger partial charge in [-0.25, -0.2) is 0 Å². The van der Waals surface area contributed by atoms with Crippen LogP contribution in [-0.2, 0) is 34.9 Å². The van der Waals surface area contributed by atoms with Gasteiger partial charge in [0.1, 0.15) is 29.1 Å². The minimum Gasteiger partial charge on any atom is -0.497 e. The number of carbonyl (C=O) groups excluding carboxylic acids is 1. The van der Waals surface area contributed by atoms with E-state index in [2.05, 4.69) is 0 Å². The van der Waals surface area contributed by atoms with Crippen molar-refractivity contribution in [3.8, 4) is 23.0 Å². The van der Waals surface area contributed by atoms with E-state index >= 15 is 0 Å². The average Bonchev–Trinajstić information content (AvgIpc) is 3.46. The molecule has 2 fully saturated rings. The number of rotatable bonds is 10. The second-order valence-corrected chi connectivity index (χ2v) is 11.4. The molecular weight excluding hydrogens is 600 g/mol. The van der Waals surface area contributed by atoms with Crippen molar-refractivity contribution in [2.75, 3.05) is 41.7 Å². The molecule has 3 aromatic carbocycles. The highest BCUT2D eigenvalue weighted by Gasteiger charge is 2.78. The summed E-state index contributed by atoms with van der Waals surface area (Å²) in [5.41, 5.74) is -2.71. The molecule has 1 aliphatic carbocycles. The summed E-state index contributed by atoms with van der Waals surface area (Å²) in [5.74, 6) is -1.77. The fraction of sp³-hybridized carbons (Fsp3) is 0.441. The number of benzene rings is 3. The number of esters is 1. The summed E-state index contributed by atoms with van der Waals surface area (Å²) in [6.07, 6.45) is -3.66. The highest BCUT2D eigenvalue weighted by atomic mass is 16.8. The zero-order valence-corrected chi connectivity index (χ0v) is 26.0. The number of fused-ring (bicyclic) bond motifs is 3. The quantitative estimate of drug-likeness (QED) is 0.280. The van der Waals surface area contributed by atoms with Gasteiger partial charge in [0.25, 0.3) is 6.29 Å².